The Labute approximate surface area is 142 Å². The number of H-pyrrole nitrogens is 1. The van der Waals surface area contributed by atoms with Crippen LogP contribution in [0.2, 0.25) is 0 Å². The normalized spacial score (nSPS) is 12.0. The minimum Gasteiger partial charge on any atom is -0.309 e. The van der Waals surface area contributed by atoms with Crippen molar-refractivity contribution in [3.8, 4) is 0 Å². The fourth-order valence-corrected chi connectivity index (χ4v) is 3.40. The van der Waals surface area contributed by atoms with Gasteiger partial charge >= 0.3 is 5.69 Å². The van der Waals surface area contributed by atoms with Crippen LogP contribution in [0.3, 0.4) is 0 Å². The van der Waals surface area contributed by atoms with E-state index in [9.17, 15) is 14.4 Å². The first kappa shape index (κ1) is 15.5. The highest BCUT2D eigenvalue weighted by Crippen LogP contribution is 2.23. The number of nitrogens with one attached hydrogen (secondary N) is 1. The van der Waals surface area contributed by atoms with Crippen molar-refractivity contribution in [1.29, 1.82) is 0 Å². The Morgan fingerprint density at radius 1 is 1.00 bits per heavy atom. The van der Waals surface area contributed by atoms with E-state index in [0.717, 1.165) is 12.1 Å². The predicted molar refractivity (Wildman–Crippen MR) is 99.0 cm³/mol. The van der Waals surface area contributed by atoms with E-state index < -0.39 is 11.2 Å². The van der Waals surface area contributed by atoms with E-state index in [1.165, 1.54) is 4.40 Å². The summed E-state index contributed by atoms with van der Waals surface area (Å²) in [4.78, 5) is 42.3. The first-order valence-corrected chi connectivity index (χ1v) is 8.09. The second-order valence-corrected chi connectivity index (χ2v) is 6.49. The average Bonchev–Trinajstić information content (AvgIpc) is 2.59. The summed E-state index contributed by atoms with van der Waals surface area (Å²) in [5.74, 6) is 0. The SMILES string of the molecule is CN(C)CCc1ccc2c(=O)[nH]c(=O)n3c4ccccc4c(=O)c1c23. The first-order chi connectivity index (χ1) is 12.0. The molecule has 4 aromatic rings. The van der Waals surface area contributed by atoms with Crippen LogP contribution in [-0.2, 0) is 6.42 Å². The molecule has 6 nitrogen and oxygen atoms in total. The number of fused-ring (bicyclic) bond motifs is 2. The van der Waals surface area contributed by atoms with E-state index in [-0.39, 0.29) is 5.43 Å². The van der Waals surface area contributed by atoms with Gasteiger partial charge in [0, 0.05) is 11.9 Å². The maximum Gasteiger partial charge on any atom is 0.333 e. The molecule has 25 heavy (non-hydrogen) atoms. The summed E-state index contributed by atoms with van der Waals surface area (Å²) < 4.78 is 1.45. The van der Waals surface area contributed by atoms with E-state index >= 15 is 0 Å². The van der Waals surface area contributed by atoms with Crippen LogP contribution >= 0.6 is 0 Å². The van der Waals surface area contributed by atoms with Crippen LogP contribution in [0.25, 0.3) is 27.2 Å². The molecular formula is C19H17N3O3. The second kappa shape index (κ2) is 5.53. The maximum absolute atomic E-state index is 13.1. The molecule has 0 saturated heterocycles. The Morgan fingerprint density at radius 2 is 1.76 bits per heavy atom. The molecule has 0 fully saturated rings. The number of benzene rings is 2. The fraction of sp³-hybridized carbons (Fsp3) is 0.211. The number of nitrogens with zero attached hydrogens (tertiary/aromatic N) is 2. The fourth-order valence-electron chi connectivity index (χ4n) is 3.40. The van der Waals surface area contributed by atoms with Gasteiger partial charge in [-0.1, -0.05) is 18.2 Å². The van der Waals surface area contributed by atoms with Gasteiger partial charge in [0.1, 0.15) is 0 Å². The molecule has 0 aliphatic carbocycles. The number of para-hydroxylation sites is 1. The smallest absolute Gasteiger partial charge is 0.309 e. The lowest BCUT2D eigenvalue weighted by molar-refractivity contribution is 0.414. The van der Waals surface area contributed by atoms with E-state index in [2.05, 4.69) is 4.98 Å². The van der Waals surface area contributed by atoms with Crippen LogP contribution in [0.4, 0.5) is 0 Å². The summed E-state index contributed by atoms with van der Waals surface area (Å²) in [7, 11) is 3.93. The van der Waals surface area contributed by atoms with Gasteiger partial charge in [-0.05, 0) is 44.3 Å². The number of rotatable bonds is 3. The lowest BCUT2D eigenvalue weighted by atomic mass is 10.00. The number of hydrogen-bond donors (Lipinski definition) is 1. The molecule has 0 atom stereocenters. The van der Waals surface area contributed by atoms with Crippen LogP contribution in [0.1, 0.15) is 5.56 Å². The van der Waals surface area contributed by atoms with Crippen molar-refractivity contribution in [1.82, 2.24) is 14.3 Å². The molecule has 126 valence electrons. The molecule has 4 rings (SSSR count). The van der Waals surface area contributed by atoms with E-state index in [0.29, 0.717) is 33.6 Å². The second-order valence-electron chi connectivity index (χ2n) is 6.49. The minimum atomic E-state index is -0.525. The van der Waals surface area contributed by atoms with Crippen LogP contribution in [-0.4, -0.2) is 34.9 Å². The Kier molecular flexibility index (Phi) is 3.43. The molecule has 0 saturated carbocycles. The van der Waals surface area contributed by atoms with Gasteiger partial charge in [-0.15, -0.1) is 0 Å². The topological polar surface area (TPSA) is 74.7 Å². The summed E-state index contributed by atoms with van der Waals surface area (Å²) in [6.07, 6.45) is 0.660. The van der Waals surface area contributed by atoms with Crippen molar-refractivity contribution in [3.05, 3.63) is 73.0 Å². The third-order valence-electron chi connectivity index (χ3n) is 4.60. The monoisotopic (exact) mass is 335 g/mol. The standard InChI is InChI=1S/C19H17N3O3/c1-21(2)10-9-11-7-8-13-16-15(11)17(23)12-5-3-4-6-14(12)22(16)19(25)20-18(13)24/h3-8H,9-10H2,1-2H3,(H,20,24,25). The molecule has 2 aromatic carbocycles. The average molecular weight is 335 g/mol. The van der Waals surface area contributed by atoms with Gasteiger partial charge in [0.25, 0.3) is 5.56 Å². The maximum atomic E-state index is 13.1. The van der Waals surface area contributed by atoms with Gasteiger partial charge in [-0.25, -0.2) is 4.79 Å². The quantitative estimate of drug-likeness (QED) is 0.451. The van der Waals surface area contributed by atoms with Crippen molar-refractivity contribution in [2.24, 2.45) is 0 Å². The Balaban J connectivity index is 2.29. The Morgan fingerprint density at radius 3 is 2.52 bits per heavy atom. The summed E-state index contributed by atoms with van der Waals surface area (Å²) in [6, 6.07) is 10.5. The Bertz CT molecular complexity index is 1280. The predicted octanol–water partition coefficient (Wildman–Crippen LogP) is 1.20. The molecule has 0 unspecified atom stereocenters. The highest BCUT2D eigenvalue weighted by molar-refractivity contribution is 6.03. The van der Waals surface area contributed by atoms with Gasteiger partial charge in [-0.3, -0.25) is 19.0 Å². The van der Waals surface area contributed by atoms with Crippen molar-refractivity contribution >= 4 is 27.2 Å². The number of hydrogen-bond acceptors (Lipinski definition) is 4. The number of likely N-dealkylation sites (N-methyl/N-ethyl adjacent to an activating group) is 1. The molecule has 1 N–H and O–H groups in total. The molecule has 2 aromatic heterocycles. The van der Waals surface area contributed by atoms with Crippen LogP contribution < -0.4 is 16.7 Å². The molecule has 0 spiro atoms. The number of pyridine rings is 1. The van der Waals surface area contributed by atoms with E-state index in [4.69, 9.17) is 0 Å². The largest absolute Gasteiger partial charge is 0.333 e. The number of aromatic amines is 1. The van der Waals surface area contributed by atoms with Crippen LogP contribution in [0.15, 0.2) is 50.8 Å². The first-order valence-electron chi connectivity index (χ1n) is 8.09. The number of aromatic nitrogens is 2. The van der Waals surface area contributed by atoms with Crippen molar-refractivity contribution in [2.75, 3.05) is 20.6 Å². The summed E-state index contributed by atoms with van der Waals surface area (Å²) in [6.45, 7) is 0.765. The van der Waals surface area contributed by atoms with Gasteiger partial charge < -0.3 is 4.90 Å². The third kappa shape index (κ3) is 2.26. The summed E-state index contributed by atoms with van der Waals surface area (Å²) >= 11 is 0. The molecule has 0 aliphatic rings. The molecule has 0 bridgehead atoms. The molecular weight excluding hydrogens is 318 g/mol. The van der Waals surface area contributed by atoms with Gasteiger partial charge in [0.05, 0.1) is 21.8 Å². The van der Waals surface area contributed by atoms with Gasteiger partial charge in [0.2, 0.25) is 0 Å². The Hall–Kier alpha value is -2.99. The van der Waals surface area contributed by atoms with Crippen molar-refractivity contribution in [3.63, 3.8) is 0 Å². The zero-order valence-electron chi connectivity index (χ0n) is 14.0. The third-order valence-corrected chi connectivity index (χ3v) is 4.60. The van der Waals surface area contributed by atoms with Crippen molar-refractivity contribution in [2.45, 2.75) is 6.42 Å². The molecule has 2 heterocycles. The summed E-state index contributed by atoms with van der Waals surface area (Å²) in [5, 5.41) is 1.29. The minimum absolute atomic E-state index is 0.139. The zero-order valence-corrected chi connectivity index (χ0v) is 14.0. The van der Waals surface area contributed by atoms with Crippen molar-refractivity contribution < 1.29 is 0 Å². The van der Waals surface area contributed by atoms with Crippen LogP contribution in [0, 0.1) is 0 Å². The van der Waals surface area contributed by atoms with E-state index in [1.807, 2.05) is 25.1 Å². The molecule has 0 amide bonds. The van der Waals surface area contributed by atoms with Crippen LogP contribution in [0.5, 0.6) is 0 Å². The molecule has 0 aliphatic heterocycles. The lowest BCUT2D eigenvalue weighted by Gasteiger charge is -2.14. The zero-order chi connectivity index (χ0) is 17.7. The highest BCUT2D eigenvalue weighted by Gasteiger charge is 2.17. The molecule has 6 heteroatoms. The van der Waals surface area contributed by atoms with Gasteiger partial charge in [0.15, 0.2) is 5.43 Å². The van der Waals surface area contributed by atoms with E-state index in [1.54, 1.807) is 30.3 Å². The lowest BCUT2D eigenvalue weighted by Crippen LogP contribution is -2.29. The summed E-state index contributed by atoms with van der Waals surface area (Å²) in [5.41, 5.74) is 0.636. The highest BCUT2D eigenvalue weighted by atomic mass is 16.2. The molecule has 0 radical (unpaired) electrons. The van der Waals surface area contributed by atoms with Gasteiger partial charge in [-0.2, -0.15) is 0 Å².